The number of primary amides is 1. The third-order valence-corrected chi connectivity index (χ3v) is 6.62. The minimum absolute atomic E-state index is 0.0363. The van der Waals surface area contributed by atoms with E-state index in [0.717, 1.165) is 0 Å². The summed E-state index contributed by atoms with van der Waals surface area (Å²) in [6.07, 6.45) is 1.77. The van der Waals surface area contributed by atoms with E-state index in [9.17, 15) is 23.6 Å². The molecule has 8 nitrogen and oxygen atoms in total. The Morgan fingerprint density at radius 1 is 1.16 bits per heavy atom. The summed E-state index contributed by atoms with van der Waals surface area (Å²) in [6, 6.07) is 4.86. The zero-order chi connectivity index (χ0) is 23.4. The van der Waals surface area contributed by atoms with Crippen molar-refractivity contribution in [1.29, 1.82) is 0 Å². The Bertz CT molecular complexity index is 867. The lowest BCUT2D eigenvalue weighted by atomic mass is 9.93. The van der Waals surface area contributed by atoms with Gasteiger partial charge in [0.1, 0.15) is 11.9 Å². The summed E-state index contributed by atoms with van der Waals surface area (Å²) in [7, 11) is 0. The number of benzene rings is 1. The van der Waals surface area contributed by atoms with Gasteiger partial charge in [0.05, 0.1) is 5.92 Å². The molecule has 0 radical (unpaired) electrons. The quantitative estimate of drug-likeness (QED) is 0.660. The molecule has 3 rings (SSSR count). The summed E-state index contributed by atoms with van der Waals surface area (Å²) >= 11 is 0. The Labute approximate surface area is 187 Å². The highest BCUT2D eigenvalue weighted by molar-refractivity contribution is 6.01. The zero-order valence-corrected chi connectivity index (χ0v) is 18.6. The summed E-state index contributed by atoms with van der Waals surface area (Å²) < 4.78 is 13.2. The summed E-state index contributed by atoms with van der Waals surface area (Å²) in [6.45, 7) is 4.89. The van der Waals surface area contributed by atoms with Gasteiger partial charge >= 0.3 is 0 Å². The first-order chi connectivity index (χ1) is 15.2. The van der Waals surface area contributed by atoms with Crippen molar-refractivity contribution in [3.05, 3.63) is 30.1 Å². The lowest BCUT2D eigenvalue weighted by Crippen LogP contribution is -2.55. The molecule has 3 atom stereocenters. The van der Waals surface area contributed by atoms with Gasteiger partial charge in [-0.05, 0) is 43.0 Å². The van der Waals surface area contributed by atoms with Crippen molar-refractivity contribution in [2.24, 2.45) is 23.5 Å². The van der Waals surface area contributed by atoms with E-state index in [1.54, 1.807) is 4.90 Å². The van der Waals surface area contributed by atoms with Crippen LogP contribution in [0.15, 0.2) is 24.3 Å². The number of nitrogens with one attached hydrogen (secondary N) is 1. The highest BCUT2D eigenvalue weighted by Gasteiger charge is 2.39. The number of nitrogens with two attached hydrogens (primary N) is 1. The second kappa shape index (κ2) is 10.1. The SMILES string of the molecule is CC[C@@H](C)[C@H](NC(=O)[C@@H]1CC(=O)N(c2ccc(F)cc2)C1)C(=O)N1CCC(C(N)=O)CC1. The third kappa shape index (κ3) is 5.26. The van der Waals surface area contributed by atoms with Crippen LogP contribution in [0, 0.1) is 23.6 Å². The number of piperidine rings is 1. The van der Waals surface area contributed by atoms with Crippen LogP contribution in [0.5, 0.6) is 0 Å². The van der Waals surface area contributed by atoms with E-state index in [-0.39, 0.29) is 48.4 Å². The Morgan fingerprint density at radius 3 is 2.34 bits per heavy atom. The zero-order valence-electron chi connectivity index (χ0n) is 18.6. The van der Waals surface area contributed by atoms with Gasteiger partial charge in [0, 0.05) is 37.7 Å². The maximum absolute atomic E-state index is 13.2. The van der Waals surface area contributed by atoms with Crippen molar-refractivity contribution in [2.45, 2.75) is 45.6 Å². The number of carbonyl (C=O) groups is 4. The van der Waals surface area contributed by atoms with E-state index in [0.29, 0.717) is 38.0 Å². The molecule has 3 N–H and O–H groups in total. The van der Waals surface area contributed by atoms with Gasteiger partial charge in [-0.3, -0.25) is 19.2 Å². The molecule has 1 aromatic rings. The molecule has 0 bridgehead atoms. The number of likely N-dealkylation sites (tertiary alicyclic amines) is 1. The first kappa shape index (κ1) is 23.7. The average molecular weight is 447 g/mol. The molecular formula is C23H31FN4O4. The van der Waals surface area contributed by atoms with E-state index < -0.39 is 17.8 Å². The first-order valence-corrected chi connectivity index (χ1v) is 11.2. The molecule has 4 amide bonds. The number of hydrogen-bond acceptors (Lipinski definition) is 4. The molecule has 2 heterocycles. The van der Waals surface area contributed by atoms with E-state index in [1.165, 1.54) is 29.2 Å². The van der Waals surface area contributed by atoms with Gasteiger partial charge in [-0.1, -0.05) is 20.3 Å². The van der Waals surface area contributed by atoms with Gasteiger partial charge in [0.25, 0.3) is 0 Å². The predicted molar refractivity (Wildman–Crippen MR) is 117 cm³/mol. The molecule has 32 heavy (non-hydrogen) atoms. The second-order valence-corrected chi connectivity index (χ2v) is 8.76. The molecule has 2 saturated heterocycles. The Morgan fingerprint density at radius 2 is 1.78 bits per heavy atom. The summed E-state index contributed by atoms with van der Waals surface area (Å²) in [5, 5.41) is 2.88. The lowest BCUT2D eigenvalue weighted by molar-refractivity contribution is -0.141. The van der Waals surface area contributed by atoms with E-state index >= 15 is 0 Å². The number of hydrogen-bond donors (Lipinski definition) is 2. The molecule has 2 aliphatic rings. The molecule has 1 aromatic carbocycles. The summed E-state index contributed by atoms with van der Waals surface area (Å²) in [5.74, 6) is -2.37. The van der Waals surface area contributed by atoms with E-state index in [1.807, 2.05) is 13.8 Å². The number of halogens is 1. The van der Waals surface area contributed by atoms with Gasteiger partial charge in [0.15, 0.2) is 0 Å². The molecule has 0 saturated carbocycles. The van der Waals surface area contributed by atoms with Crippen molar-refractivity contribution in [1.82, 2.24) is 10.2 Å². The van der Waals surface area contributed by atoms with Crippen molar-refractivity contribution in [3.8, 4) is 0 Å². The largest absolute Gasteiger partial charge is 0.369 e. The van der Waals surface area contributed by atoms with Crippen LogP contribution < -0.4 is 16.0 Å². The molecule has 0 unspecified atom stereocenters. The average Bonchev–Trinajstić information content (AvgIpc) is 3.18. The Hall–Kier alpha value is -2.97. The second-order valence-electron chi connectivity index (χ2n) is 8.76. The first-order valence-electron chi connectivity index (χ1n) is 11.2. The maximum Gasteiger partial charge on any atom is 0.245 e. The van der Waals surface area contributed by atoms with Gasteiger partial charge in [-0.15, -0.1) is 0 Å². The third-order valence-electron chi connectivity index (χ3n) is 6.62. The van der Waals surface area contributed by atoms with Crippen molar-refractivity contribution in [2.75, 3.05) is 24.5 Å². The molecule has 174 valence electrons. The number of rotatable bonds is 7. The molecule has 0 aliphatic carbocycles. The van der Waals surface area contributed by atoms with Crippen LogP contribution >= 0.6 is 0 Å². The minimum atomic E-state index is -0.701. The van der Waals surface area contributed by atoms with Gasteiger partial charge in [-0.2, -0.15) is 0 Å². The predicted octanol–water partition coefficient (Wildman–Crippen LogP) is 1.43. The number of amides is 4. The van der Waals surface area contributed by atoms with Gasteiger partial charge < -0.3 is 20.9 Å². The fraction of sp³-hybridized carbons (Fsp3) is 0.565. The smallest absolute Gasteiger partial charge is 0.245 e. The molecule has 9 heteroatoms. The van der Waals surface area contributed by atoms with Crippen molar-refractivity contribution < 1.29 is 23.6 Å². The maximum atomic E-state index is 13.2. The van der Waals surface area contributed by atoms with Crippen LogP contribution in [0.4, 0.5) is 10.1 Å². The molecule has 2 aliphatic heterocycles. The minimum Gasteiger partial charge on any atom is -0.369 e. The molecule has 0 spiro atoms. The van der Waals surface area contributed by atoms with E-state index in [4.69, 9.17) is 5.73 Å². The highest BCUT2D eigenvalue weighted by Crippen LogP contribution is 2.26. The monoisotopic (exact) mass is 446 g/mol. The van der Waals surface area contributed by atoms with Gasteiger partial charge in [-0.25, -0.2) is 4.39 Å². The number of anilines is 1. The standard InChI is InChI=1S/C23H31FN4O4/c1-3-14(2)20(23(32)27-10-8-15(9-11-27)21(25)30)26-22(31)16-12-19(29)28(13-16)18-6-4-17(24)5-7-18/h4-7,14-16,20H,3,8-13H2,1-2H3,(H2,25,30)(H,26,31)/t14-,16-,20+/m1/s1. The van der Waals surface area contributed by atoms with Crippen LogP contribution in [0.1, 0.15) is 39.5 Å². The molecular weight excluding hydrogens is 415 g/mol. The van der Waals surface area contributed by atoms with Crippen LogP contribution in [0.2, 0.25) is 0 Å². The number of carbonyl (C=O) groups excluding carboxylic acids is 4. The van der Waals surface area contributed by atoms with Crippen molar-refractivity contribution >= 4 is 29.3 Å². The summed E-state index contributed by atoms with van der Waals surface area (Å²) in [5.41, 5.74) is 5.92. The van der Waals surface area contributed by atoms with Gasteiger partial charge in [0.2, 0.25) is 23.6 Å². The van der Waals surface area contributed by atoms with E-state index in [2.05, 4.69) is 5.32 Å². The normalized spacial score (nSPS) is 21.3. The fourth-order valence-corrected chi connectivity index (χ4v) is 4.29. The van der Waals surface area contributed by atoms with Crippen LogP contribution in [0.3, 0.4) is 0 Å². The van der Waals surface area contributed by atoms with Crippen molar-refractivity contribution in [3.63, 3.8) is 0 Å². The lowest BCUT2D eigenvalue weighted by Gasteiger charge is -2.35. The fourth-order valence-electron chi connectivity index (χ4n) is 4.29. The molecule has 0 aromatic heterocycles. The molecule has 2 fully saturated rings. The topological polar surface area (TPSA) is 113 Å². The van der Waals surface area contributed by atoms with Crippen LogP contribution in [-0.2, 0) is 19.2 Å². The number of nitrogens with zero attached hydrogens (tertiary/aromatic N) is 2. The Balaban J connectivity index is 1.65. The van der Waals surface area contributed by atoms with Crippen LogP contribution in [0.25, 0.3) is 0 Å². The Kier molecular flexibility index (Phi) is 7.48. The summed E-state index contributed by atoms with van der Waals surface area (Å²) in [4.78, 5) is 53.2. The van der Waals surface area contributed by atoms with Crippen LogP contribution in [-0.4, -0.2) is 54.2 Å². The highest BCUT2D eigenvalue weighted by atomic mass is 19.1.